The van der Waals surface area contributed by atoms with Crippen LogP contribution in [-0.4, -0.2) is 16.0 Å². The Balaban J connectivity index is 2.22. The van der Waals surface area contributed by atoms with Gasteiger partial charge < -0.3 is 10.6 Å². The average Bonchev–Trinajstić information content (AvgIpc) is 2.52. The Hall–Kier alpha value is -1.83. The van der Waals surface area contributed by atoms with E-state index in [0.717, 1.165) is 22.5 Å². The molecule has 0 aliphatic rings. The molecule has 0 radical (unpaired) electrons. The van der Waals surface area contributed by atoms with Crippen molar-refractivity contribution < 1.29 is 13.2 Å². The summed E-state index contributed by atoms with van der Waals surface area (Å²) in [6.07, 6.45) is -3.78. The van der Waals surface area contributed by atoms with Crippen molar-refractivity contribution in [3.63, 3.8) is 0 Å². The van der Waals surface area contributed by atoms with E-state index < -0.39 is 11.9 Å². The van der Waals surface area contributed by atoms with Crippen LogP contribution in [0.2, 0.25) is 0 Å². The van der Waals surface area contributed by atoms with E-state index in [1.807, 2.05) is 38.1 Å². The number of nitrogens with zero attached hydrogens (tertiary/aromatic N) is 2. The lowest BCUT2D eigenvalue weighted by Crippen LogP contribution is -2.19. The Morgan fingerprint density at radius 3 is 2.58 bits per heavy atom. The van der Waals surface area contributed by atoms with Gasteiger partial charge in [-0.15, -0.1) is 0 Å². The predicted octanol–water partition coefficient (Wildman–Crippen LogP) is 5.08. The number of hydrogen-bond donors (Lipinski definition) is 2. The molecule has 0 aliphatic carbocycles. The molecular formula is C16H18BrF3N4. The van der Waals surface area contributed by atoms with Gasteiger partial charge in [0.1, 0.15) is 5.82 Å². The van der Waals surface area contributed by atoms with Gasteiger partial charge in [-0.05, 0) is 31.0 Å². The molecule has 0 saturated carbocycles. The lowest BCUT2D eigenvalue weighted by molar-refractivity contribution is -0.141. The Morgan fingerprint density at radius 1 is 1.21 bits per heavy atom. The van der Waals surface area contributed by atoms with E-state index >= 15 is 0 Å². The van der Waals surface area contributed by atoms with E-state index in [-0.39, 0.29) is 17.8 Å². The van der Waals surface area contributed by atoms with Gasteiger partial charge in [0, 0.05) is 23.1 Å². The highest BCUT2D eigenvalue weighted by atomic mass is 79.9. The fourth-order valence-corrected chi connectivity index (χ4v) is 2.36. The van der Waals surface area contributed by atoms with E-state index in [0.29, 0.717) is 6.54 Å². The van der Waals surface area contributed by atoms with Crippen molar-refractivity contribution in [1.29, 1.82) is 0 Å². The first-order valence-corrected chi connectivity index (χ1v) is 8.28. The van der Waals surface area contributed by atoms with Crippen LogP contribution in [0.4, 0.5) is 24.9 Å². The monoisotopic (exact) mass is 402 g/mol. The molecular weight excluding hydrogens is 385 g/mol. The average molecular weight is 403 g/mol. The number of aromatic nitrogens is 2. The van der Waals surface area contributed by atoms with E-state index in [4.69, 9.17) is 0 Å². The maximum absolute atomic E-state index is 13.0. The fraction of sp³-hybridized carbons (Fsp3) is 0.375. The quantitative estimate of drug-likeness (QED) is 0.707. The van der Waals surface area contributed by atoms with Gasteiger partial charge >= 0.3 is 6.18 Å². The summed E-state index contributed by atoms with van der Waals surface area (Å²) in [5, 5.41) is 5.80. The first-order valence-electron chi connectivity index (χ1n) is 7.49. The molecule has 0 fully saturated rings. The number of hydrogen-bond acceptors (Lipinski definition) is 4. The zero-order chi connectivity index (χ0) is 17.7. The normalized spacial score (nSPS) is 12.8. The highest BCUT2D eigenvalue weighted by molar-refractivity contribution is 9.10. The first-order chi connectivity index (χ1) is 11.3. The highest BCUT2D eigenvalue weighted by Gasteiger charge is 2.33. The Kier molecular flexibility index (Phi) is 6.04. The topological polar surface area (TPSA) is 49.8 Å². The minimum absolute atomic E-state index is 0.0218. The van der Waals surface area contributed by atoms with Gasteiger partial charge in [-0.25, -0.2) is 4.98 Å². The third-order valence-corrected chi connectivity index (χ3v) is 3.86. The van der Waals surface area contributed by atoms with Crippen molar-refractivity contribution in [3.8, 4) is 0 Å². The van der Waals surface area contributed by atoms with Crippen molar-refractivity contribution in [2.45, 2.75) is 39.0 Å². The Bertz CT molecular complexity index is 691. The number of anilines is 2. The van der Waals surface area contributed by atoms with Crippen molar-refractivity contribution >= 4 is 27.7 Å². The second-order valence-corrected chi connectivity index (χ2v) is 6.31. The molecule has 2 aromatic rings. The SMILES string of the molecule is CC[C@@H](C)Nc1nc(NCc2cccc(Br)c2)cc(C(F)(F)F)n1. The van der Waals surface area contributed by atoms with Gasteiger partial charge in [0.25, 0.3) is 0 Å². The summed E-state index contributed by atoms with van der Waals surface area (Å²) in [4.78, 5) is 7.69. The molecule has 1 atom stereocenters. The number of benzene rings is 1. The van der Waals surface area contributed by atoms with Crippen molar-refractivity contribution in [2.75, 3.05) is 10.6 Å². The lowest BCUT2D eigenvalue weighted by Gasteiger charge is -2.15. The van der Waals surface area contributed by atoms with Crippen LogP contribution in [0.25, 0.3) is 0 Å². The minimum Gasteiger partial charge on any atom is -0.366 e. The van der Waals surface area contributed by atoms with Crippen LogP contribution in [0.15, 0.2) is 34.8 Å². The summed E-state index contributed by atoms with van der Waals surface area (Å²) in [7, 11) is 0. The number of alkyl halides is 3. The Morgan fingerprint density at radius 2 is 1.96 bits per heavy atom. The van der Waals surface area contributed by atoms with Gasteiger partial charge in [0.05, 0.1) is 0 Å². The van der Waals surface area contributed by atoms with Gasteiger partial charge in [0.15, 0.2) is 5.69 Å². The van der Waals surface area contributed by atoms with Crippen LogP contribution < -0.4 is 10.6 Å². The van der Waals surface area contributed by atoms with Crippen LogP contribution in [0.5, 0.6) is 0 Å². The molecule has 1 aromatic heterocycles. The molecule has 2 rings (SSSR count). The zero-order valence-corrected chi connectivity index (χ0v) is 14.9. The molecule has 0 aliphatic heterocycles. The number of halogens is 4. The van der Waals surface area contributed by atoms with E-state index in [1.54, 1.807) is 0 Å². The molecule has 130 valence electrons. The third-order valence-electron chi connectivity index (χ3n) is 3.37. The summed E-state index contributed by atoms with van der Waals surface area (Å²) < 4.78 is 40.0. The molecule has 0 bridgehead atoms. The molecule has 8 heteroatoms. The second kappa shape index (κ2) is 7.83. The molecule has 0 amide bonds. The van der Waals surface area contributed by atoms with Crippen molar-refractivity contribution in [3.05, 3.63) is 46.1 Å². The molecule has 0 spiro atoms. The minimum atomic E-state index is -4.53. The molecule has 0 saturated heterocycles. The molecule has 1 aromatic carbocycles. The lowest BCUT2D eigenvalue weighted by atomic mass is 10.2. The molecule has 2 N–H and O–H groups in total. The Labute approximate surface area is 147 Å². The molecule has 1 heterocycles. The summed E-state index contributed by atoms with van der Waals surface area (Å²) in [5.41, 5.74) is -0.0481. The summed E-state index contributed by atoms with van der Waals surface area (Å²) in [6.45, 7) is 4.15. The molecule has 0 unspecified atom stereocenters. The summed E-state index contributed by atoms with van der Waals surface area (Å²) in [5.74, 6) is 0.0963. The van der Waals surface area contributed by atoms with Crippen LogP contribution in [-0.2, 0) is 12.7 Å². The van der Waals surface area contributed by atoms with E-state index in [9.17, 15) is 13.2 Å². The molecule has 24 heavy (non-hydrogen) atoms. The fourth-order valence-electron chi connectivity index (χ4n) is 1.91. The maximum atomic E-state index is 13.0. The van der Waals surface area contributed by atoms with Crippen LogP contribution in [0.1, 0.15) is 31.5 Å². The highest BCUT2D eigenvalue weighted by Crippen LogP contribution is 2.30. The molecule has 4 nitrogen and oxygen atoms in total. The second-order valence-electron chi connectivity index (χ2n) is 5.40. The van der Waals surface area contributed by atoms with Gasteiger partial charge in [-0.3, -0.25) is 0 Å². The van der Waals surface area contributed by atoms with E-state index in [1.165, 1.54) is 0 Å². The first kappa shape index (κ1) is 18.5. The van der Waals surface area contributed by atoms with Gasteiger partial charge in [-0.1, -0.05) is 35.0 Å². The van der Waals surface area contributed by atoms with Crippen molar-refractivity contribution in [1.82, 2.24) is 9.97 Å². The zero-order valence-electron chi connectivity index (χ0n) is 13.3. The number of nitrogens with one attached hydrogen (secondary N) is 2. The third kappa shape index (κ3) is 5.36. The van der Waals surface area contributed by atoms with Crippen LogP contribution in [0, 0.1) is 0 Å². The van der Waals surface area contributed by atoms with E-state index in [2.05, 4.69) is 36.5 Å². The predicted molar refractivity (Wildman–Crippen MR) is 91.9 cm³/mol. The smallest absolute Gasteiger partial charge is 0.366 e. The summed E-state index contributed by atoms with van der Waals surface area (Å²) >= 11 is 3.36. The standard InChI is InChI=1S/C16H18BrF3N4/c1-3-10(2)22-15-23-13(16(18,19)20)8-14(24-15)21-9-11-5-4-6-12(17)7-11/h4-8,10H,3,9H2,1-2H3,(H2,21,22,23,24)/t10-/m1/s1. The van der Waals surface area contributed by atoms with Crippen LogP contribution in [0.3, 0.4) is 0 Å². The van der Waals surface area contributed by atoms with Gasteiger partial charge in [-0.2, -0.15) is 18.2 Å². The maximum Gasteiger partial charge on any atom is 0.433 e. The largest absolute Gasteiger partial charge is 0.433 e. The number of rotatable bonds is 6. The summed E-state index contributed by atoms with van der Waals surface area (Å²) in [6, 6.07) is 8.40. The van der Waals surface area contributed by atoms with Gasteiger partial charge in [0.2, 0.25) is 5.95 Å². The van der Waals surface area contributed by atoms with Crippen molar-refractivity contribution in [2.24, 2.45) is 0 Å². The van der Waals surface area contributed by atoms with Crippen LogP contribution >= 0.6 is 15.9 Å².